The number of para-hydroxylation sites is 1. The summed E-state index contributed by atoms with van der Waals surface area (Å²) < 4.78 is 1.65. The average molecular weight is 361 g/mol. The molecule has 128 valence electrons. The summed E-state index contributed by atoms with van der Waals surface area (Å²) in [5.74, 6) is -2.36. The molecule has 0 unspecified atom stereocenters. The second-order valence-electron chi connectivity index (χ2n) is 6.34. The van der Waals surface area contributed by atoms with Crippen LogP contribution in [0.15, 0.2) is 48.3 Å². The molecule has 3 atom stereocenters. The third kappa shape index (κ3) is 2.81. The second-order valence-corrected chi connectivity index (χ2v) is 6.34. The second kappa shape index (κ2) is 7.00. The van der Waals surface area contributed by atoms with Gasteiger partial charge in [0.05, 0.1) is 41.1 Å². The van der Waals surface area contributed by atoms with E-state index in [0.717, 1.165) is 5.69 Å². The Hall–Kier alpha value is -1.93. The van der Waals surface area contributed by atoms with Gasteiger partial charge in [-0.3, -0.25) is 4.79 Å². The van der Waals surface area contributed by atoms with Gasteiger partial charge in [-0.2, -0.15) is 5.10 Å². The third-order valence-corrected chi connectivity index (χ3v) is 4.84. The third-order valence-electron chi connectivity index (χ3n) is 4.84. The van der Waals surface area contributed by atoms with Gasteiger partial charge >= 0.3 is 29.6 Å². The number of aliphatic hydroxyl groups excluding tert-OH is 1. The van der Waals surface area contributed by atoms with Crippen molar-refractivity contribution < 1.29 is 49.4 Å². The van der Waals surface area contributed by atoms with Crippen LogP contribution in [0.4, 0.5) is 0 Å². The number of hydrogen-bond acceptors (Lipinski definition) is 5. The van der Waals surface area contributed by atoms with Gasteiger partial charge in [0, 0.05) is 11.8 Å². The number of nitrogens with zero attached hydrogens (tertiary/aromatic N) is 3. The fraction of sp³-hybridized carbons (Fsp3) is 0.278. The molecular weight excluding hydrogens is 345 g/mol. The quantitative estimate of drug-likeness (QED) is 0.461. The minimum atomic E-state index is -1.40. The van der Waals surface area contributed by atoms with Crippen molar-refractivity contribution in [2.75, 3.05) is 0 Å². The summed E-state index contributed by atoms with van der Waals surface area (Å²) in [5, 5.41) is 25.8. The Bertz CT molecular complexity index is 891. The molecule has 1 saturated heterocycles. The zero-order valence-corrected chi connectivity index (χ0v) is 16.5. The van der Waals surface area contributed by atoms with Crippen molar-refractivity contribution in [2.45, 2.75) is 25.5 Å². The Balaban J connectivity index is 0.00000196. The van der Waals surface area contributed by atoms with Crippen molar-refractivity contribution in [1.82, 2.24) is 14.7 Å². The summed E-state index contributed by atoms with van der Waals surface area (Å²) >= 11 is 0. The molecule has 1 fully saturated rings. The van der Waals surface area contributed by atoms with Crippen LogP contribution in [0.25, 0.3) is 11.3 Å². The molecule has 0 saturated carbocycles. The maximum atomic E-state index is 12.2. The van der Waals surface area contributed by atoms with Crippen LogP contribution in [0.3, 0.4) is 0 Å². The Labute approximate surface area is 172 Å². The van der Waals surface area contributed by atoms with Gasteiger partial charge < -0.3 is 19.9 Å². The van der Waals surface area contributed by atoms with Gasteiger partial charge in [-0.1, -0.05) is 18.2 Å². The first-order valence-corrected chi connectivity index (χ1v) is 8.06. The molecule has 4 rings (SSSR count). The van der Waals surface area contributed by atoms with E-state index in [-0.39, 0.29) is 47.2 Å². The van der Waals surface area contributed by atoms with Crippen LogP contribution in [-0.2, 0) is 9.59 Å². The minimum absolute atomic E-state index is 0. The number of carbonyl (C=O) groups excluding carboxylic acids is 2. The van der Waals surface area contributed by atoms with Gasteiger partial charge in [-0.15, -0.1) is 0 Å². The van der Waals surface area contributed by atoms with E-state index in [1.165, 1.54) is 4.90 Å². The first-order valence-electron chi connectivity index (χ1n) is 8.06. The molecule has 3 heterocycles. The van der Waals surface area contributed by atoms with Crippen LogP contribution in [0.1, 0.15) is 19.0 Å². The van der Waals surface area contributed by atoms with Crippen molar-refractivity contribution in [3.8, 4) is 5.69 Å². The molecule has 1 amide bonds. The Morgan fingerprint density at radius 3 is 2.62 bits per heavy atom. The van der Waals surface area contributed by atoms with Crippen molar-refractivity contribution in [3.63, 3.8) is 0 Å². The Morgan fingerprint density at radius 2 is 2.00 bits per heavy atom. The molecular formula is C18H16N3NaO4. The molecule has 0 spiro atoms. The zero-order valence-electron chi connectivity index (χ0n) is 14.5. The number of carbonyl (C=O) groups is 2. The number of fused-ring (bicyclic) bond motifs is 1. The maximum Gasteiger partial charge on any atom is 1.00 e. The molecule has 0 radical (unpaired) electrons. The molecule has 1 aromatic carbocycles. The number of benzene rings is 1. The molecule has 26 heavy (non-hydrogen) atoms. The van der Waals surface area contributed by atoms with Crippen molar-refractivity contribution >= 4 is 17.4 Å². The molecule has 1 N–H and O–H groups in total. The number of amides is 1. The van der Waals surface area contributed by atoms with Crippen molar-refractivity contribution in [2.24, 2.45) is 5.92 Å². The molecule has 2 aromatic rings. The molecule has 7 nitrogen and oxygen atoms in total. The standard InChI is InChI=1S/C18H17N3O4.Na/c1-10(22)15-14-9-12(16(18(24)25)21(14)17(15)23)13-7-8-20(19-13)11-5-3-2-4-6-11;/h2-8,10,14-15,22H,9H2,1H3,(H,24,25);/q;+1/p-1/t10-,14-,15-;/m1./s1. The Morgan fingerprint density at radius 1 is 1.31 bits per heavy atom. The number of aromatic nitrogens is 2. The summed E-state index contributed by atoms with van der Waals surface area (Å²) in [6, 6.07) is 10.8. The minimum Gasteiger partial charge on any atom is -0.543 e. The van der Waals surface area contributed by atoms with Crippen LogP contribution in [0.5, 0.6) is 0 Å². The van der Waals surface area contributed by atoms with E-state index < -0.39 is 18.0 Å². The molecule has 2 aliphatic rings. The van der Waals surface area contributed by atoms with E-state index in [0.29, 0.717) is 17.7 Å². The predicted octanol–water partition coefficient (Wildman–Crippen LogP) is -3.05. The first-order chi connectivity index (χ1) is 12.0. The Kier molecular flexibility index (Phi) is 5.07. The number of hydrogen-bond donors (Lipinski definition) is 1. The summed E-state index contributed by atoms with van der Waals surface area (Å²) in [6.07, 6.45) is 1.27. The van der Waals surface area contributed by atoms with Crippen LogP contribution < -0.4 is 34.7 Å². The predicted molar refractivity (Wildman–Crippen MR) is 85.9 cm³/mol. The summed E-state index contributed by atoms with van der Waals surface area (Å²) in [7, 11) is 0. The van der Waals surface area contributed by atoms with E-state index in [1.54, 1.807) is 23.9 Å². The number of β-lactam (4-membered cyclic amide) rings is 1. The van der Waals surface area contributed by atoms with Crippen molar-refractivity contribution in [3.05, 3.63) is 54.0 Å². The first kappa shape index (κ1) is 18.8. The van der Waals surface area contributed by atoms with Gasteiger partial charge in [0.1, 0.15) is 0 Å². The fourth-order valence-corrected chi connectivity index (χ4v) is 3.70. The van der Waals surface area contributed by atoms with Crippen LogP contribution in [-0.4, -0.2) is 43.8 Å². The van der Waals surface area contributed by atoms with Gasteiger partial charge in [-0.25, -0.2) is 4.68 Å². The van der Waals surface area contributed by atoms with E-state index >= 15 is 0 Å². The molecule has 8 heteroatoms. The van der Waals surface area contributed by atoms with Crippen LogP contribution in [0.2, 0.25) is 0 Å². The smallest absolute Gasteiger partial charge is 0.543 e. The van der Waals surface area contributed by atoms with E-state index in [1.807, 2.05) is 30.3 Å². The number of carboxylic acids is 1. The SMILES string of the molecule is C[C@@H](O)[C@H]1C(=O)N2C(C(=O)[O-])=C(c3ccn(-c4ccccc4)n3)C[C@H]12.[Na+]. The topological polar surface area (TPSA) is 98.5 Å². The van der Waals surface area contributed by atoms with Crippen molar-refractivity contribution in [1.29, 1.82) is 0 Å². The number of rotatable bonds is 4. The van der Waals surface area contributed by atoms with Gasteiger partial charge in [0.15, 0.2) is 0 Å². The number of aliphatic carboxylic acids is 1. The summed E-state index contributed by atoms with van der Waals surface area (Å²) in [6.45, 7) is 1.54. The normalized spacial score (nSPS) is 22.5. The molecule has 2 aliphatic heterocycles. The summed E-state index contributed by atoms with van der Waals surface area (Å²) in [5.41, 5.74) is 1.68. The van der Waals surface area contributed by atoms with Gasteiger partial charge in [0.2, 0.25) is 5.91 Å². The number of aliphatic hydroxyl groups is 1. The van der Waals surface area contributed by atoms with Crippen LogP contribution >= 0.6 is 0 Å². The molecule has 1 aromatic heterocycles. The zero-order chi connectivity index (χ0) is 17.7. The molecule has 0 aliphatic carbocycles. The molecule has 0 bridgehead atoms. The van der Waals surface area contributed by atoms with E-state index in [9.17, 15) is 19.8 Å². The number of carboxylic acid groups (broad SMARTS) is 1. The van der Waals surface area contributed by atoms with E-state index in [2.05, 4.69) is 5.10 Å². The monoisotopic (exact) mass is 361 g/mol. The van der Waals surface area contributed by atoms with Gasteiger partial charge in [-0.05, 0) is 31.5 Å². The van der Waals surface area contributed by atoms with E-state index in [4.69, 9.17) is 0 Å². The largest absolute Gasteiger partial charge is 1.00 e. The summed E-state index contributed by atoms with van der Waals surface area (Å²) in [4.78, 5) is 25.1. The van der Waals surface area contributed by atoms with Gasteiger partial charge in [0.25, 0.3) is 0 Å². The average Bonchev–Trinajstić information content (AvgIpc) is 3.17. The van der Waals surface area contributed by atoms with Crippen LogP contribution in [0, 0.1) is 5.92 Å². The maximum absolute atomic E-state index is 12.2. The fourth-order valence-electron chi connectivity index (χ4n) is 3.70.